The van der Waals surface area contributed by atoms with Gasteiger partial charge in [0.2, 0.25) is 17.7 Å². The summed E-state index contributed by atoms with van der Waals surface area (Å²) in [5.74, 6) is -0.457. The minimum Gasteiger partial charge on any atom is -0.472 e. The summed E-state index contributed by atoms with van der Waals surface area (Å²) in [5.41, 5.74) is 0.501. The smallest absolute Gasteiger partial charge is 0.247 e. The van der Waals surface area contributed by atoms with Crippen molar-refractivity contribution in [2.24, 2.45) is 5.92 Å². The highest BCUT2D eigenvalue weighted by Gasteiger charge is 2.39. The van der Waals surface area contributed by atoms with Crippen LogP contribution >= 0.6 is 0 Å². The van der Waals surface area contributed by atoms with Crippen molar-refractivity contribution < 1.29 is 29.6 Å². The van der Waals surface area contributed by atoms with Gasteiger partial charge in [-0.05, 0) is 0 Å². The lowest BCUT2D eigenvalue weighted by molar-refractivity contribution is -0.210. The minimum absolute atomic E-state index is 0.00195. The number of carbonyl (C=O) groups excluding carboxylic acids is 1. The lowest BCUT2D eigenvalue weighted by Gasteiger charge is -2.35. The average molecular weight is 393 g/mol. The normalized spacial score (nSPS) is 25.1. The number of anilines is 1. The Morgan fingerprint density at radius 2 is 2.18 bits per heavy atom. The van der Waals surface area contributed by atoms with Crippen LogP contribution in [0.5, 0.6) is 5.88 Å². The van der Waals surface area contributed by atoms with E-state index in [1.54, 1.807) is 13.8 Å². The zero-order valence-electron chi connectivity index (χ0n) is 15.5. The number of hydrogen-bond donors (Lipinski definition) is 4. The highest BCUT2D eigenvalue weighted by atomic mass is 16.5. The summed E-state index contributed by atoms with van der Waals surface area (Å²) < 4.78 is 12.4. The molecule has 28 heavy (non-hydrogen) atoms. The molecule has 3 heterocycles. The molecule has 0 saturated carbocycles. The van der Waals surface area contributed by atoms with Crippen LogP contribution in [0.25, 0.3) is 11.2 Å². The first-order valence-electron chi connectivity index (χ1n) is 8.78. The van der Waals surface area contributed by atoms with Crippen LogP contribution in [-0.2, 0) is 9.53 Å². The molecule has 1 saturated heterocycles. The van der Waals surface area contributed by atoms with E-state index in [1.807, 2.05) is 0 Å². The van der Waals surface area contributed by atoms with E-state index in [0.717, 1.165) is 0 Å². The first-order valence-corrected chi connectivity index (χ1v) is 8.78. The predicted octanol–water partition coefficient (Wildman–Crippen LogP) is -0.403. The molecule has 2 aromatic heterocycles. The molecule has 1 fully saturated rings. The van der Waals surface area contributed by atoms with Crippen molar-refractivity contribution in [1.29, 1.82) is 0 Å². The molecule has 4 unspecified atom stereocenters. The van der Waals surface area contributed by atoms with Crippen molar-refractivity contribution in [1.82, 2.24) is 19.5 Å². The Kier molecular flexibility index (Phi) is 5.89. The fourth-order valence-electron chi connectivity index (χ4n) is 2.66. The third-order valence-corrected chi connectivity index (χ3v) is 4.23. The fourth-order valence-corrected chi connectivity index (χ4v) is 2.66. The summed E-state index contributed by atoms with van der Waals surface area (Å²) in [6, 6.07) is 0. The van der Waals surface area contributed by atoms with Gasteiger partial charge in [-0.15, -0.1) is 0 Å². The second-order valence-corrected chi connectivity index (χ2v) is 6.69. The largest absolute Gasteiger partial charge is 0.472 e. The lowest BCUT2D eigenvalue weighted by atomic mass is 10.0. The first-order chi connectivity index (χ1) is 13.3. The van der Waals surface area contributed by atoms with Crippen LogP contribution in [0.15, 0.2) is 19.0 Å². The van der Waals surface area contributed by atoms with Gasteiger partial charge in [0.05, 0.1) is 12.9 Å². The molecule has 0 spiro atoms. The molecule has 2 aromatic rings. The van der Waals surface area contributed by atoms with Gasteiger partial charge in [0.1, 0.15) is 24.9 Å². The van der Waals surface area contributed by atoms with Gasteiger partial charge in [-0.1, -0.05) is 26.5 Å². The van der Waals surface area contributed by atoms with E-state index in [9.17, 15) is 20.1 Å². The highest BCUT2D eigenvalue weighted by molar-refractivity contribution is 5.91. The summed E-state index contributed by atoms with van der Waals surface area (Å²) in [4.78, 5) is 24.7. The molecule has 0 radical (unpaired) electrons. The van der Waals surface area contributed by atoms with Gasteiger partial charge in [-0.25, -0.2) is 4.98 Å². The molecular formula is C17H23N5O6. The maximum absolute atomic E-state index is 12.0. The molecule has 11 nitrogen and oxygen atoms in total. The number of carbonyl (C=O) groups is 1. The molecule has 0 aliphatic carbocycles. The van der Waals surface area contributed by atoms with Crippen LogP contribution in [0.3, 0.4) is 0 Å². The Balaban J connectivity index is 2.04. The second-order valence-electron chi connectivity index (χ2n) is 6.69. The summed E-state index contributed by atoms with van der Waals surface area (Å²) in [7, 11) is 0. The maximum atomic E-state index is 12.0. The number of amides is 1. The van der Waals surface area contributed by atoms with Gasteiger partial charge < -0.3 is 24.8 Å². The Morgan fingerprint density at radius 3 is 2.86 bits per heavy atom. The van der Waals surface area contributed by atoms with Crippen molar-refractivity contribution in [3.63, 3.8) is 0 Å². The molecule has 0 aromatic carbocycles. The third-order valence-electron chi connectivity index (χ3n) is 4.23. The van der Waals surface area contributed by atoms with E-state index < -0.39 is 24.5 Å². The van der Waals surface area contributed by atoms with E-state index in [1.165, 1.54) is 17.0 Å². The number of aromatic nitrogens is 4. The topological polar surface area (TPSA) is 152 Å². The van der Waals surface area contributed by atoms with Crippen molar-refractivity contribution in [3.05, 3.63) is 19.0 Å². The second kappa shape index (κ2) is 8.19. The number of nitrogens with one attached hydrogen (secondary N) is 1. The fraction of sp³-hybridized carbons (Fsp3) is 0.529. The van der Waals surface area contributed by atoms with Gasteiger partial charge in [0.15, 0.2) is 17.4 Å². The molecule has 4 N–H and O–H groups in total. The molecule has 1 amide bonds. The number of ether oxygens (including phenoxy) is 2. The SMILES string of the molecule is C=CCOc1nc(NC(=O)C(C)C)nc2c1ncn2C1OCC(O)C(O)C1O. The molecule has 11 heteroatoms. The number of fused-ring (bicyclic) bond motifs is 1. The van der Waals surface area contributed by atoms with Gasteiger partial charge in [0.25, 0.3) is 0 Å². The van der Waals surface area contributed by atoms with Gasteiger partial charge >= 0.3 is 0 Å². The van der Waals surface area contributed by atoms with Crippen LogP contribution in [0, 0.1) is 5.92 Å². The van der Waals surface area contributed by atoms with E-state index in [0.29, 0.717) is 0 Å². The van der Waals surface area contributed by atoms with Crippen LogP contribution in [0.2, 0.25) is 0 Å². The molecule has 152 valence electrons. The predicted molar refractivity (Wildman–Crippen MR) is 97.5 cm³/mol. The summed E-state index contributed by atoms with van der Waals surface area (Å²) >= 11 is 0. The van der Waals surface area contributed by atoms with Crippen molar-refractivity contribution in [3.8, 4) is 5.88 Å². The first kappa shape index (κ1) is 20.1. The number of rotatable bonds is 6. The van der Waals surface area contributed by atoms with Crippen LogP contribution in [-0.4, -0.2) is 72.3 Å². The van der Waals surface area contributed by atoms with E-state index in [2.05, 4.69) is 26.8 Å². The number of aliphatic hydroxyl groups excluding tert-OH is 3. The lowest BCUT2D eigenvalue weighted by Crippen LogP contribution is -2.50. The van der Waals surface area contributed by atoms with Crippen molar-refractivity contribution in [2.75, 3.05) is 18.5 Å². The summed E-state index contributed by atoms with van der Waals surface area (Å²) in [5, 5.41) is 32.5. The quantitative estimate of drug-likeness (QED) is 0.480. The summed E-state index contributed by atoms with van der Waals surface area (Å²) in [6.45, 7) is 7.02. The van der Waals surface area contributed by atoms with Gasteiger partial charge in [-0.2, -0.15) is 9.97 Å². The Morgan fingerprint density at radius 1 is 1.43 bits per heavy atom. The molecule has 1 aliphatic rings. The highest BCUT2D eigenvalue weighted by Crippen LogP contribution is 2.30. The van der Waals surface area contributed by atoms with Gasteiger partial charge in [0, 0.05) is 5.92 Å². The zero-order chi connectivity index (χ0) is 20.4. The van der Waals surface area contributed by atoms with E-state index >= 15 is 0 Å². The Bertz CT molecular complexity index is 869. The third kappa shape index (κ3) is 3.83. The monoisotopic (exact) mass is 393 g/mol. The standard InChI is InChI=1S/C17H23N5O6/c1-4-5-27-15-10-13(19-17(21-15)20-14(26)8(2)3)22(7-18-10)16-12(25)11(24)9(23)6-28-16/h4,7-9,11-12,16,23-25H,1,5-6H2,2-3H3,(H,19,20,21,26). The maximum Gasteiger partial charge on any atom is 0.247 e. The van der Waals surface area contributed by atoms with Crippen LogP contribution in [0.4, 0.5) is 5.95 Å². The average Bonchev–Trinajstić information content (AvgIpc) is 3.08. The summed E-state index contributed by atoms with van der Waals surface area (Å²) in [6.07, 6.45) is -2.17. The minimum atomic E-state index is -1.41. The van der Waals surface area contributed by atoms with E-state index in [4.69, 9.17) is 9.47 Å². The number of hydrogen-bond acceptors (Lipinski definition) is 9. The molecule has 4 atom stereocenters. The molecular weight excluding hydrogens is 370 g/mol. The molecule has 0 bridgehead atoms. The number of aliphatic hydroxyl groups is 3. The zero-order valence-corrected chi connectivity index (χ0v) is 15.5. The van der Waals surface area contributed by atoms with Crippen LogP contribution < -0.4 is 10.1 Å². The van der Waals surface area contributed by atoms with Crippen LogP contribution in [0.1, 0.15) is 20.1 Å². The van der Waals surface area contributed by atoms with Gasteiger partial charge in [-0.3, -0.25) is 14.7 Å². The number of imidazole rings is 1. The molecule has 3 rings (SSSR count). The molecule has 1 aliphatic heterocycles. The Labute approximate surface area is 160 Å². The Hall–Kier alpha value is -2.60. The van der Waals surface area contributed by atoms with E-state index in [-0.39, 0.29) is 48.0 Å². The van der Waals surface area contributed by atoms with Crippen molar-refractivity contribution in [2.45, 2.75) is 38.4 Å². The van der Waals surface area contributed by atoms with Crippen molar-refractivity contribution >= 4 is 23.0 Å². The number of nitrogens with zero attached hydrogens (tertiary/aromatic N) is 4.